The van der Waals surface area contributed by atoms with Gasteiger partial charge in [0.05, 0.1) is 6.20 Å². The highest BCUT2D eigenvalue weighted by atomic mass is 32.2. The molecule has 0 spiro atoms. The second kappa shape index (κ2) is 4.88. The summed E-state index contributed by atoms with van der Waals surface area (Å²) in [6, 6.07) is 1.59. The number of rotatable bonds is 3. The lowest BCUT2D eigenvalue weighted by molar-refractivity contribution is 0.260. The number of hydrogen-bond acceptors (Lipinski definition) is 4. The number of sulfonamides is 1. The van der Waals surface area contributed by atoms with E-state index in [0.717, 1.165) is 38.3 Å². The van der Waals surface area contributed by atoms with E-state index in [4.69, 9.17) is 0 Å². The van der Waals surface area contributed by atoms with E-state index >= 15 is 0 Å². The molecule has 6 nitrogen and oxygen atoms in total. The van der Waals surface area contributed by atoms with Gasteiger partial charge in [-0.15, -0.1) is 0 Å². The monoisotopic (exact) mass is 284 g/mol. The van der Waals surface area contributed by atoms with Crippen molar-refractivity contribution in [3.05, 3.63) is 12.3 Å². The van der Waals surface area contributed by atoms with Gasteiger partial charge in [0.2, 0.25) is 0 Å². The molecular formula is C12H20N4O2S. The van der Waals surface area contributed by atoms with Crippen molar-refractivity contribution in [3.8, 4) is 0 Å². The van der Waals surface area contributed by atoms with Crippen LogP contribution in [0.5, 0.6) is 0 Å². The fourth-order valence-corrected chi connectivity index (χ4v) is 4.72. The molecule has 1 saturated heterocycles. The van der Waals surface area contributed by atoms with Gasteiger partial charge in [0.15, 0.2) is 5.03 Å². The molecule has 1 aromatic rings. The summed E-state index contributed by atoms with van der Waals surface area (Å²) in [6.07, 6.45) is 4.48. The third-order valence-electron chi connectivity index (χ3n) is 4.33. The minimum absolute atomic E-state index is 0.0565. The highest BCUT2D eigenvalue weighted by Crippen LogP contribution is 2.33. The maximum atomic E-state index is 12.3. The first-order valence-corrected chi connectivity index (χ1v) is 8.25. The molecule has 1 aliphatic heterocycles. The number of nitrogens with zero attached hydrogens (tertiary/aromatic N) is 2. The van der Waals surface area contributed by atoms with Crippen LogP contribution in [0.2, 0.25) is 0 Å². The molecule has 3 rings (SSSR count). The largest absolute Gasteiger partial charge is 0.316 e. The van der Waals surface area contributed by atoms with Crippen LogP contribution in [0.3, 0.4) is 0 Å². The Labute approximate surface area is 113 Å². The molecule has 1 aliphatic carbocycles. The summed E-state index contributed by atoms with van der Waals surface area (Å²) < 4.78 is 28.8. The molecule has 2 aliphatic rings. The second-order valence-corrected chi connectivity index (χ2v) is 7.26. The first-order chi connectivity index (χ1) is 9.06. The summed E-state index contributed by atoms with van der Waals surface area (Å²) >= 11 is 0. The molecule has 1 aromatic heterocycles. The van der Waals surface area contributed by atoms with Gasteiger partial charge in [-0.3, -0.25) is 4.68 Å². The van der Waals surface area contributed by atoms with Gasteiger partial charge in [0.1, 0.15) is 0 Å². The molecule has 2 heterocycles. The van der Waals surface area contributed by atoms with E-state index in [1.54, 1.807) is 7.05 Å². The summed E-state index contributed by atoms with van der Waals surface area (Å²) in [5.41, 5.74) is 0. The molecule has 3 atom stereocenters. The Hall–Kier alpha value is -0.920. The van der Waals surface area contributed by atoms with Crippen LogP contribution in [-0.4, -0.2) is 37.3 Å². The van der Waals surface area contributed by atoms with Crippen LogP contribution in [-0.2, 0) is 17.1 Å². The number of aryl methyl sites for hydroxylation is 1. The van der Waals surface area contributed by atoms with Crippen LogP contribution in [0.1, 0.15) is 19.3 Å². The lowest BCUT2D eigenvalue weighted by Crippen LogP contribution is -2.41. The third kappa shape index (κ3) is 2.54. The minimum Gasteiger partial charge on any atom is -0.316 e. The molecule has 0 aromatic carbocycles. The van der Waals surface area contributed by atoms with Crippen LogP contribution in [0, 0.1) is 11.8 Å². The fourth-order valence-electron chi connectivity index (χ4n) is 3.31. The van der Waals surface area contributed by atoms with Gasteiger partial charge in [-0.05, 0) is 50.3 Å². The quantitative estimate of drug-likeness (QED) is 0.824. The zero-order valence-electron chi connectivity index (χ0n) is 11.0. The predicted octanol–water partition coefficient (Wildman–Crippen LogP) is 0.0865. The molecule has 1 unspecified atom stereocenters. The third-order valence-corrected chi connectivity index (χ3v) is 5.92. The molecule has 0 bridgehead atoms. The smallest absolute Gasteiger partial charge is 0.257 e. The molecule has 2 N–H and O–H groups in total. The SMILES string of the molecule is Cn1nccc1S(=O)(=O)NC1CC[C@H]2CNC[C@H]2C1. The van der Waals surface area contributed by atoms with Crippen molar-refractivity contribution in [2.45, 2.75) is 30.3 Å². The number of hydrogen-bond donors (Lipinski definition) is 2. The zero-order chi connectivity index (χ0) is 13.5. The van der Waals surface area contributed by atoms with Crippen LogP contribution >= 0.6 is 0 Å². The summed E-state index contributed by atoms with van der Waals surface area (Å²) in [5.74, 6) is 1.35. The van der Waals surface area contributed by atoms with Gasteiger partial charge in [-0.25, -0.2) is 13.1 Å². The van der Waals surface area contributed by atoms with E-state index in [-0.39, 0.29) is 11.1 Å². The lowest BCUT2D eigenvalue weighted by atomic mass is 9.79. The van der Waals surface area contributed by atoms with Gasteiger partial charge in [0.25, 0.3) is 10.0 Å². The van der Waals surface area contributed by atoms with Gasteiger partial charge in [-0.2, -0.15) is 5.10 Å². The van der Waals surface area contributed by atoms with Crippen molar-refractivity contribution in [3.63, 3.8) is 0 Å². The van der Waals surface area contributed by atoms with Crippen LogP contribution < -0.4 is 10.0 Å². The molecular weight excluding hydrogens is 264 g/mol. The van der Waals surface area contributed by atoms with E-state index in [9.17, 15) is 8.42 Å². The Morgan fingerprint density at radius 3 is 2.89 bits per heavy atom. The van der Waals surface area contributed by atoms with Gasteiger partial charge in [-0.1, -0.05) is 0 Å². The summed E-state index contributed by atoms with van der Waals surface area (Å²) in [7, 11) is -1.80. The number of nitrogens with one attached hydrogen (secondary N) is 2. The summed E-state index contributed by atoms with van der Waals surface area (Å²) in [5, 5.41) is 7.54. The van der Waals surface area contributed by atoms with Crippen molar-refractivity contribution < 1.29 is 8.42 Å². The van der Waals surface area contributed by atoms with Crippen LogP contribution in [0.25, 0.3) is 0 Å². The number of fused-ring (bicyclic) bond motifs is 1. The van der Waals surface area contributed by atoms with Gasteiger partial charge in [0, 0.05) is 13.1 Å². The Morgan fingerprint density at radius 2 is 2.16 bits per heavy atom. The second-order valence-electron chi connectivity index (χ2n) is 5.60. The van der Waals surface area contributed by atoms with Crippen molar-refractivity contribution in [1.29, 1.82) is 0 Å². The highest BCUT2D eigenvalue weighted by Gasteiger charge is 2.35. The molecule has 0 radical (unpaired) electrons. The Kier molecular flexibility index (Phi) is 3.36. The normalized spacial score (nSPS) is 31.3. The fraction of sp³-hybridized carbons (Fsp3) is 0.750. The minimum atomic E-state index is -3.45. The summed E-state index contributed by atoms with van der Waals surface area (Å²) in [6.45, 7) is 2.11. The zero-order valence-corrected chi connectivity index (χ0v) is 11.9. The maximum Gasteiger partial charge on any atom is 0.257 e. The molecule has 1 saturated carbocycles. The average Bonchev–Trinajstić information content (AvgIpc) is 2.96. The molecule has 0 amide bonds. The highest BCUT2D eigenvalue weighted by molar-refractivity contribution is 7.89. The molecule has 2 fully saturated rings. The van der Waals surface area contributed by atoms with E-state index in [1.807, 2.05) is 0 Å². The van der Waals surface area contributed by atoms with Crippen molar-refractivity contribution in [2.75, 3.05) is 13.1 Å². The topological polar surface area (TPSA) is 76.0 Å². The lowest BCUT2D eigenvalue weighted by Gasteiger charge is -2.31. The Bertz CT molecular complexity index is 554. The standard InChI is InChI=1S/C12H20N4O2S/c1-16-12(4-5-14-16)19(17,18)15-11-3-2-9-7-13-8-10(9)6-11/h4-5,9-11,13,15H,2-3,6-8H2,1H3/t9-,10+,11?/m0/s1. The molecule has 106 valence electrons. The van der Waals surface area contributed by atoms with Crippen molar-refractivity contribution in [2.24, 2.45) is 18.9 Å². The molecule has 19 heavy (non-hydrogen) atoms. The van der Waals surface area contributed by atoms with Crippen LogP contribution in [0.4, 0.5) is 0 Å². The first-order valence-electron chi connectivity index (χ1n) is 6.77. The summed E-state index contributed by atoms with van der Waals surface area (Å²) in [4.78, 5) is 0. The van der Waals surface area contributed by atoms with Gasteiger partial charge < -0.3 is 5.32 Å². The van der Waals surface area contributed by atoms with E-state index in [2.05, 4.69) is 15.1 Å². The van der Waals surface area contributed by atoms with E-state index in [0.29, 0.717) is 5.92 Å². The van der Waals surface area contributed by atoms with Crippen molar-refractivity contribution >= 4 is 10.0 Å². The van der Waals surface area contributed by atoms with E-state index < -0.39 is 10.0 Å². The van der Waals surface area contributed by atoms with Crippen molar-refractivity contribution in [1.82, 2.24) is 19.8 Å². The Morgan fingerprint density at radius 1 is 1.37 bits per heavy atom. The predicted molar refractivity (Wildman–Crippen MR) is 71.0 cm³/mol. The molecule has 7 heteroatoms. The Balaban J connectivity index is 1.70. The number of aromatic nitrogens is 2. The van der Waals surface area contributed by atoms with E-state index in [1.165, 1.54) is 16.9 Å². The van der Waals surface area contributed by atoms with Gasteiger partial charge >= 0.3 is 0 Å². The van der Waals surface area contributed by atoms with Crippen LogP contribution in [0.15, 0.2) is 17.3 Å². The maximum absolute atomic E-state index is 12.3. The first kappa shape index (κ1) is 13.1. The average molecular weight is 284 g/mol.